The van der Waals surface area contributed by atoms with Crippen LogP contribution in [0.1, 0.15) is 26.2 Å². The van der Waals surface area contributed by atoms with Gasteiger partial charge in [0.05, 0.1) is 0 Å². The molecule has 0 aromatic heterocycles. The van der Waals surface area contributed by atoms with Crippen molar-refractivity contribution >= 4 is 15.9 Å². The van der Waals surface area contributed by atoms with Crippen LogP contribution >= 0.6 is 15.9 Å². The molecule has 0 aromatic rings. The van der Waals surface area contributed by atoms with Gasteiger partial charge in [-0.2, -0.15) is 0 Å². The van der Waals surface area contributed by atoms with Crippen LogP contribution in [0, 0.1) is 0 Å². The first-order chi connectivity index (χ1) is 3.81. The molecule has 0 aliphatic rings. The molecule has 0 unspecified atom stereocenters. The third kappa shape index (κ3) is 4.38. The summed E-state index contributed by atoms with van der Waals surface area (Å²) in [5.74, 6) is 0. The number of halogens is 1. The van der Waals surface area contributed by atoms with Crippen LogP contribution < -0.4 is 0 Å². The maximum absolute atomic E-state index is 3.89. The normalized spacial score (nSPS) is 9.25. The van der Waals surface area contributed by atoms with E-state index in [0.29, 0.717) is 0 Å². The highest BCUT2D eigenvalue weighted by Crippen LogP contribution is 2.06. The largest absolute Gasteiger partial charge is 0.0999 e. The summed E-state index contributed by atoms with van der Waals surface area (Å²) in [7, 11) is 0. The highest BCUT2D eigenvalue weighted by atomic mass is 79.9. The van der Waals surface area contributed by atoms with E-state index in [0.717, 1.165) is 11.8 Å². The van der Waals surface area contributed by atoms with Crippen LogP contribution in [0.3, 0.4) is 0 Å². The van der Waals surface area contributed by atoms with Gasteiger partial charge in [-0.25, -0.2) is 0 Å². The van der Waals surface area contributed by atoms with Crippen molar-refractivity contribution in [1.29, 1.82) is 0 Å². The Morgan fingerprint density at radius 3 is 2.62 bits per heavy atom. The Balaban J connectivity index is 2.99. The van der Waals surface area contributed by atoms with Crippen molar-refractivity contribution in [1.82, 2.24) is 0 Å². The molecule has 0 nitrogen and oxygen atoms in total. The van der Waals surface area contributed by atoms with Gasteiger partial charge in [-0.05, 0) is 19.3 Å². The average molecular weight is 177 g/mol. The summed E-state index contributed by atoms with van der Waals surface area (Å²) >= 11 is 3.37. The lowest BCUT2D eigenvalue weighted by Gasteiger charge is -1.96. The smallest absolute Gasteiger partial charge is 0.00343 e. The Morgan fingerprint density at radius 1 is 1.62 bits per heavy atom. The molecule has 0 saturated heterocycles. The minimum absolute atomic E-state index is 1.10. The molecule has 0 aliphatic heterocycles. The molecule has 0 spiro atoms. The lowest BCUT2D eigenvalue weighted by molar-refractivity contribution is 0.875. The number of allylic oxidation sites excluding steroid dienone is 1. The van der Waals surface area contributed by atoms with Gasteiger partial charge >= 0.3 is 0 Å². The minimum Gasteiger partial charge on any atom is -0.0999 e. The zero-order chi connectivity index (χ0) is 6.41. The van der Waals surface area contributed by atoms with Gasteiger partial charge in [-0.15, -0.1) is 0 Å². The SMILES string of the molecule is C=C(CC)CCCBr. The lowest BCUT2D eigenvalue weighted by Crippen LogP contribution is -1.79. The van der Waals surface area contributed by atoms with E-state index in [1.807, 2.05) is 0 Å². The Bertz CT molecular complexity index is 66.8. The molecule has 0 heterocycles. The lowest BCUT2D eigenvalue weighted by atomic mass is 10.1. The highest BCUT2D eigenvalue weighted by molar-refractivity contribution is 9.09. The molecule has 0 atom stereocenters. The number of alkyl halides is 1. The third-order valence-electron chi connectivity index (χ3n) is 1.16. The average Bonchev–Trinajstić information content (AvgIpc) is 1.83. The van der Waals surface area contributed by atoms with Crippen molar-refractivity contribution in [2.75, 3.05) is 5.33 Å². The van der Waals surface area contributed by atoms with Crippen LogP contribution in [-0.2, 0) is 0 Å². The minimum atomic E-state index is 1.10. The fourth-order valence-corrected chi connectivity index (χ4v) is 0.774. The molecule has 48 valence electrons. The van der Waals surface area contributed by atoms with E-state index in [-0.39, 0.29) is 0 Å². The van der Waals surface area contributed by atoms with Crippen molar-refractivity contribution < 1.29 is 0 Å². The van der Waals surface area contributed by atoms with Crippen molar-refractivity contribution in [3.8, 4) is 0 Å². The van der Waals surface area contributed by atoms with Gasteiger partial charge in [0.25, 0.3) is 0 Å². The van der Waals surface area contributed by atoms with Crippen LogP contribution in [0.5, 0.6) is 0 Å². The second-order valence-electron chi connectivity index (χ2n) is 1.90. The molecule has 0 aliphatic carbocycles. The van der Waals surface area contributed by atoms with Crippen molar-refractivity contribution in [3.05, 3.63) is 12.2 Å². The van der Waals surface area contributed by atoms with E-state index < -0.39 is 0 Å². The fraction of sp³-hybridized carbons (Fsp3) is 0.714. The predicted octanol–water partition coefficient (Wildman–Crippen LogP) is 3.13. The summed E-state index contributed by atoms with van der Waals surface area (Å²) in [6, 6.07) is 0. The van der Waals surface area contributed by atoms with E-state index in [1.165, 1.54) is 18.4 Å². The first-order valence-corrected chi connectivity index (χ1v) is 4.16. The van der Waals surface area contributed by atoms with Gasteiger partial charge < -0.3 is 0 Å². The number of hydrogen-bond donors (Lipinski definition) is 0. The van der Waals surface area contributed by atoms with Crippen LogP contribution in [0.2, 0.25) is 0 Å². The summed E-state index contributed by atoms with van der Waals surface area (Å²) in [6.45, 7) is 6.04. The van der Waals surface area contributed by atoms with Crippen LogP contribution in [0.15, 0.2) is 12.2 Å². The van der Waals surface area contributed by atoms with E-state index in [2.05, 4.69) is 29.4 Å². The van der Waals surface area contributed by atoms with Crippen molar-refractivity contribution in [2.24, 2.45) is 0 Å². The maximum atomic E-state index is 3.89. The molecular formula is C7H13Br. The highest BCUT2D eigenvalue weighted by Gasteiger charge is 1.87. The van der Waals surface area contributed by atoms with Gasteiger partial charge in [-0.1, -0.05) is 35.0 Å². The molecule has 1 heteroatoms. The van der Waals surface area contributed by atoms with Gasteiger partial charge in [0.1, 0.15) is 0 Å². The van der Waals surface area contributed by atoms with Crippen LogP contribution in [0.4, 0.5) is 0 Å². The van der Waals surface area contributed by atoms with E-state index in [1.54, 1.807) is 0 Å². The molecule has 0 fully saturated rings. The Labute approximate surface area is 60.1 Å². The van der Waals surface area contributed by atoms with Gasteiger partial charge in [0.15, 0.2) is 0 Å². The Hall–Kier alpha value is 0.220. The quantitative estimate of drug-likeness (QED) is 0.457. The molecule has 0 amide bonds. The standard InChI is InChI=1S/C7H13Br/c1-3-7(2)5-4-6-8/h2-6H2,1H3. The topological polar surface area (TPSA) is 0 Å². The number of hydrogen-bond acceptors (Lipinski definition) is 0. The van der Waals surface area contributed by atoms with Gasteiger partial charge in [-0.3, -0.25) is 0 Å². The first-order valence-electron chi connectivity index (χ1n) is 3.04. The fourth-order valence-electron chi connectivity index (χ4n) is 0.494. The molecule has 0 N–H and O–H groups in total. The maximum Gasteiger partial charge on any atom is 0.00343 e. The molecule has 0 rings (SSSR count). The van der Waals surface area contributed by atoms with E-state index >= 15 is 0 Å². The zero-order valence-electron chi connectivity index (χ0n) is 5.41. The van der Waals surface area contributed by atoms with Crippen molar-refractivity contribution in [3.63, 3.8) is 0 Å². The molecule has 0 radical (unpaired) electrons. The zero-order valence-corrected chi connectivity index (χ0v) is 7.00. The Kier molecular flexibility index (Phi) is 5.51. The summed E-state index contributed by atoms with van der Waals surface area (Å²) < 4.78 is 0. The second kappa shape index (κ2) is 5.36. The van der Waals surface area contributed by atoms with Crippen LogP contribution in [-0.4, -0.2) is 5.33 Å². The molecule has 0 bridgehead atoms. The summed E-state index contributed by atoms with van der Waals surface area (Å²) in [5.41, 5.74) is 1.37. The van der Waals surface area contributed by atoms with Crippen LogP contribution in [0.25, 0.3) is 0 Å². The Morgan fingerprint density at radius 2 is 2.25 bits per heavy atom. The van der Waals surface area contributed by atoms with E-state index in [9.17, 15) is 0 Å². The summed E-state index contributed by atoms with van der Waals surface area (Å²) in [6.07, 6.45) is 3.54. The van der Waals surface area contributed by atoms with Crippen molar-refractivity contribution in [2.45, 2.75) is 26.2 Å². The molecule has 0 saturated carbocycles. The van der Waals surface area contributed by atoms with Gasteiger partial charge in [0, 0.05) is 5.33 Å². The summed E-state index contributed by atoms with van der Waals surface area (Å²) in [4.78, 5) is 0. The molecular weight excluding hydrogens is 164 g/mol. The van der Waals surface area contributed by atoms with E-state index in [4.69, 9.17) is 0 Å². The molecule has 0 aromatic carbocycles. The monoisotopic (exact) mass is 176 g/mol. The summed E-state index contributed by atoms with van der Waals surface area (Å²) in [5, 5.41) is 1.10. The first kappa shape index (κ1) is 8.22. The molecule has 8 heavy (non-hydrogen) atoms. The predicted molar refractivity (Wildman–Crippen MR) is 42.5 cm³/mol. The van der Waals surface area contributed by atoms with Gasteiger partial charge in [0.2, 0.25) is 0 Å². The third-order valence-corrected chi connectivity index (χ3v) is 1.72. The second-order valence-corrected chi connectivity index (χ2v) is 2.69. The number of rotatable bonds is 4.